The SMILES string of the molecule is Cc1cc(C)cc(CC(=O)C2CC3CCC(C2)N3C(=O)OCC2c3ccccc3-c3ccccc32)c1. The second-order valence-electron chi connectivity index (χ2n) is 10.9. The summed E-state index contributed by atoms with van der Waals surface area (Å²) in [4.78, 5) is 28.4. The summed E-state index contributed by atoms with van der Waals surface area (Å²) in [7, 11) is 0. The van der Waals surface area contributed by atoms with Crippen LogP contribution in [0.25, 0.3) is 11.1 Å². The molecular weight excluding hydrogens is 446 g/mol. The van der Waals surface area contributed by atoms with Gasteiger partial charge in [0.25, 0.3) is 0 Å². The number of nitrogens with zero attached hydrogens (tertiary/aromatic N) is 1. The number of piperidine rings is 1. The molecule has 0 saturated carbocycles. The maximum atomic E-state index is 13.3. The summed E-state index contributed by atoms with van der Waals surface area (Å²) in [6, 6.07) is 23.4. The molecule has 1 aliphatic carbocycles. The predicted octanol–water partition coefficient (Wildman–Crippen LogP) is 6.61. The molecule has 184 valence electrons. The number of amides is 1. The molecule has 0 N–H and O–H groups in total. The Bertz CT molecular complexity index is 1250. The third-order valence-corrected chi connectivity index (χ3v) is 8.40. The Labute approximate surface area is 213 Å². The quantitative estimate of drug-likeness (QED) is 0.414. The predicted molar refractivity (Wildman–Crippen MR) is 141 cm³/mol. The van der Waals surface area contributed by atoms with Crippen molar-refractivity contribution in [2.24, 2.45) is 5.92 Å². The molecule has 0 radical (unpaired) electrons. The van der Waals surface area contributed by atoms with E-state index in [0.29, 0.717) is 18.8 Å². The van der Waals surface area contributed by atoms with Gasteiger partial charge in [-0.25, -0.2) is 4.79 Å². The number of Topliss-reactive ketones (excluding diaryl/α,β-unsaturated/α-hetero) is 1. The third-order valence-electron chi connectivity index (χ3n) is 8.40. The number of aryl methyl sites for hydroxylation is 2. The molecule has 2 bridgehead atoms. The average Bonchev–Trinajstić information content (AvgIpc) is 3.32. The fraction of sp³-hybridized carbons (Fsp3) is 0.375. The second-order valence-corrected chi connectivity index (χ2v) is 10.9. The van der Waals surface area contributed by atoms with Crippen LogP contribution in [-0.4, -0.2) is 35.5 Å². The van der Waals surface area contributed by atoms with Gasteiger partial charge in [-0.15, -0.1) is 0 Å². The summed E-state index contributed by atoms with van der Waals surface area (Å²) >= 11 is 0. The number of hydrogen-bond donors (Lipinski definition) is 0. The number of ether oxygens (including phenoxy) is 1. The van der Waals surface area contributed by atoms with E-state index >= 15 is 0 Å². The van der Waals surface area contributed by atoms with Crippen LogP contribution in [0.4, 0.5) is 4.79 Å². The zero-order chi connectivity index (χ0) is 24.8. The number of carbonyl (C=O) groups is 2. The fourth-order valence-corrected chi connectivity index (χ4v) is 6.92. The molecule has 0 aromatic heterocycles. The normalized spacial score (nSPS) is 22.3. The Kier molecular flexibility index (Phi) is 5.91. The van der Waals surface area contributed by atoms with Gasteiger partial charge in [0.2, 0.25) is 0 Å². The molecule has 3 aromatic carbocycles. The molecule has 4 nitrogen and oxygen atoms in total. The summed E-state index contributed by atoms with van der Waals surface area (Å²) in [5, 5.41) is 0. The monoisotopic (exact) mass is 479 g/mol. The summed E-state index contributed by atoms with van der Waals surface area (Å²) in [6.07, 6.45) is 3.70. The van der Waals surface area contributed by atoms with Gasteiger partial charge in [0.05, 0.1) is 0 Å². The minimum absolute atomic E-state index is 0.0287. The van der Waals surface area contributed by atoms with Gasteiger partial charge in [-0.05, 0) is 67.3 Å². The van der Waals surface area contributed by atoms with E-state index in [0.717, 1.165) is 31.2 Å². The van der Waals surface area contributed by atoms with Gasteiger partial charge in [-0.1, -0.05) is 77.9 Å². The van der Waals surface area contributed by atoms with Crippen molar-refractivity contribution in [1.82, 2.24) is 4.90 Å². The lowest BCUT2D eigenvalue weighted by molar-refractivity contribution is -0.124. The van der Waals surface area contributed by atoms with Crippen molar-refractivity contribution in [3.05, 3.63) is 94.5 Å². The molecule has 2 heterocycles. The number of rotatable bonds is 5. The van der Waals surface area contributed by atoms with Crippen molar-refractivity contribution in [3.63, 3.8) is 0 Å². The lowest BCUT2D eigenvalue weighted by Gasteiger charge is -2.37. The Morgan fingerprint density at radius 3 is 1.97 bits per heavy atom. The van der Waals surface area contributed by atoms with Crippen LogP contribution >= 0.6 is 0 Å². The lowest BCUT2D eigenvalue weighted by atomic mass is 9.85. The highest BCUT2D eigenvalue weighted by molar-refractivity contribution is 5.84. The van der Waals surface area contributed by atoms with Crippen LogP contribution in [0, 0.1) is 19.8 Å². The zero-order valence-electron chi connectivity index (χ0n) is 21.1. The van der Waals surface area contributed by atoms with Gasteiger partial charge < -0.3 is 9.64 Å². The second kappa shape index (κ2) is 9.24. The van der Waals surface area contributed by atoms with Gasteiger partial charge in [0.15, 0.2) is 0 Å². The third kappa shape index (κ3) is 4.13. The Balaban J connectivity index is 1.11. The molecule has 1 amide bonds. The van der Waals surface area contributed by atoms with Crippen LogP contribution in [0.3, 0.4) is 0 Å². The molecule has 3 aliphatic rings. The van der Waals surface area contributed by atoms with Gasteiger partial charge in [0.1, 0.15) is 12.4 Å². The number of benzene rings is 3. The van der Waals surface area contributed by atoms with Crippen LogP contribution < -0.4 is 0 Å². The molecule has 36 heavy (non-hydrogen) atoms. The maximum absolute atomic E-state index is 13.3. The van der Waals surface area contributed by atoms with Crippen LogP contribution in [-0.2, 0) is 16.0 Å². The zero-order valence-corrected chi connectivity index (χ0v) is 21.1. The van der Waals surface area contributed by atoms with E-state index in [-0.39, 0.29) is 30.0 Å². The molecular formula is C32H33NO3. The Morgan fingerprint density at radius 1 is 0.833 bits per heavy atom. The summed E-state index contributed by atoms with van der Waals surface area (Å²) in [6.45, 7) is 4.50. The number of fused-ring (bicyclic) bond motifs is 5. The first-order chi connectivity index (χ1) is 17.5. The minimum atomic E-state index is -0.218. The first kappa shape index (κ1) is 23.0. The molecule has 2 atom stereocenters. The summed E-state index contributed by atoms with van der Waals surface area (Å²) in [5.41, 5.74) is 8.42. The molecule has 0 spiro atoms. The van der Waals surface area contributed by atoms with E-state index in [4.69, 9.17) is 4.74 Å². The van der Waals surface area contributed by atoms with Crippen LogP contribution in [0.1, 0.15) is 59.4 Å². The van der Waals surface area contributed by atoms with E-state index in [1.807, 2.05) is 4.90 Å². The molecule has 4 heteroatoms. The molecule has 2 fully saturated rings. The van der Waals surface area contributed by atoms with Gasteiger partial charge in [-0.2, -0.15) is 0 Å². The van der Waals surface area contributed by atoms with Crippen LogP contribution in [0.15, 0.2) is 66.7 Å². The van der Waals surface area contributed by atoms with Gasteiger partial charge in [-0.3, -0.25) is 4.79 Å². The van der Waals surface area contributed by atoms with E-state index in [1.165, 1.54) is 33.4 Å². The molecule has 6 rings (SSSR count). The molecule has 2 saturated heterocycles. The van der Waals surface area contributed by atoms with Crippen molar-refractivity contribution in [2.75, 3.05) is 6.61 Å². The molecule has 2 aliphatic heterocycles. The van der Waals surface area contributed by atoms with Gasteiger partial charge in [0, 0.05) is 30.3 Å². The topological polar surface area (TPSA) is 46.6 Å². The maximum Gasteiger partial charge on any atom is 0.410 e. The van der Waals surface area contributed by atoms with Crippen molar-refractivity contribution in [2.45, 2.75) is 64.0 Å². The van der Waals surface area contributed by atoms with Crippen molar-refractivity contribution < 1.29 is 14.3 Å². The highest BCUT2D eigenvalue weighted by atomic mass is 16.6. The van der Waals surface area contributed by atoms with Crippen molar-refractivity contribution >= 4 is 11.9 Å². The first-order valence-electron chi connectivity index (χ1n) is 13.2. The smallest absolute Gasteiger partial charge is 0.410 e. The van der Waals surface area contributed by atoms with E-state index in [1.54, 1.807) is 0 Å². The summed E-state index contributed by atoms with van der Waals surface area (Å²) in [5.74, 6) is 0.404. The number of hydrogen-bond acceptors (Lipinski definition) is 3. The Morgan fingerprint density at radius 2 is 1.39 bits per heavy atom. The number of ketones is 1. The highest BCUT2D eigenvalue weighted by Gasteiger charge is 2.46. The average molecular weight is 480 g/mol. The van der Waals surface area contributed by atoms with E-state index in [9.17, 15) is 9.59 Å². The van der Waals surface area contributed by atoms with Crippen molar-refractivity contribution in [3.8, 4) is 11.1 Å². The first-order valence-corrected chi connectivity index (χ1v) is 13.2. The van der Waals surface area contributed by atoms with Crippen LogP contribution in [0.2, 0.25) is 0 Å². The molecule has 2 unspecified atom stereocenters. The molecule has 3 aromatic rings. The fourth-order valence-electron chi connectivity index (χ4n) is 6.92. The minimum Gasteiger partial charge on any atom is -0.448 e. The van der Waals surface area contributed by atoms with E-state index < -0.39 is 0 Å². The number of carbonyl (C=O) groups excluding carboxylic acids is 2. The van der Waals surface area contributed by atoms with E-state index in [2.05, 4.69) is 80.6 Å². The van der Waals surface area contributed by atoms with Crippen LogP contribution in [0.5, 0.6) is 0 Å². The largest absolute Gasteiger partial charge is 0.448 e. The Hall–Kier alpha value is -3.40. The van der Waals surface area contributed by atoms with Gasteiger partial charge >= 0.3 is 6.09 Å². The summed E-state index contributed by atoms with van der Waals surface area (Å²) < 4.78 is 5.98. The standard InChI is InChI=1S/C32H33NO3/c1-20-13-21(2)15-22(14-20)16-31(34)23-17-24-11-12-25(18-23)33(24)32(35)36-19-30-28-9-5-3-7-26(28)27-8-4-6-10-29(27)30/h3-10,13-15,23-25,30H,11-12,16-19H2,1-2H3. The lowest BCUT2D eigenvalue weighted by Crippen LogP contribution is -2.48. The van der Waals surface area contributed by atoms with Crippen molar-refractivity contribution in [1.29, 1.82) is 0 Å². The highest BCUT2D eigenvalue weighted by Crippen LogP contribution is 2.45.